The Labute approximate surface area is 102 Å². The zero-order valence-corrected chi connectivity index (χ0v) is 9.95. The van der Waals surface area contributed by atoms with E-state index in [9.17, 15) is 23.1 Å². The minimum absolute atomic E-state index is 0.133. The molecule has 0 aliphatic carbocycles. The number of carbonyl (C=O) groups excluding carboxylic acids is 1. The Morgan fingerprint density at radius 3 is 2.44 bits per heavy atom. The van der Waals surface area contributed by atoms with Crippen LogP contribution in [0.4, 0.5) is 13.2 Å². The third kappa shape index (κ3) is 2.49. The molecule has 0 amide bonds. The van der Waals surface area contributed by atoms with Crippen molar-refractivity contribution >= 4 is 33.3 Å². The van der Waals surface area contributed by atoms with Gasteiger partial charge in [-0.05, 0) is 28.1 Å². The highest BCUT2D eigenvalue weighted by atomic mass is 79.9. The zero-order valence-electron chi connectivity index (χ0n) is 7.61. The van der Waals surface area contributed by atoms with Gasteiger partial charge in [-0.25, -0.2) is 0 Å². The number of Topliss-reactive ketones (excluding diaryl/α,β-unsaturated/α-hetero) is 1. The molecule has 1 aromatic carbocycles. The van der Waals surface area contributed by atoms with Crippen LogP contribution in [0.3, 0.4) is 0 Å². The molecule has 88 valence electrons. The van der Waals surface area contributed by atoms with Crippen LogP contribution in [0.2, 0.25) is 0 Å². The molecule has 0 heterocycles. The predicted octanol–water partition coefficient (Wildman–Crippen LogP) is 3.60. The highest BCUT2D eigenvalue weighted by Gasteiger charge is 2.38. The van der Waals surface area contributed by atoms with Crippen molar-refractivity contribution in [1.29, 1.82) is 0 Å². The molecular weight excluding hydrogens is 312 g/mol. The number of aromatic hydroxyl groups is 1. The maximum Gasteiger partial charge on any atom is 0.420 e. The van der Waals surface area contributed by atoms with Crippen LogP contribution in [0.1, 0.15) is 15.9 Å². The van der Waals surface area contributed by atoms with Gasteiger partial charge in [0.25, 0.3) is 0 Å². The van der Waals surface area contributed by atoms with Gasteiger partial charge < -0.3 is 5.11 Å². The monoisotopic (exact) mass is 316 g/mol. The van der Waals surface area contributed by atoms with Crippen molar-refractivity contribution in [1.82, 2.24) is 0 Å². The number of rotatable bonds is 2. The van der Waals surface area contributed by atoms with Gasteiger partial charge in [-0.1, -0.05) is 0 Å². The number of halogens is 5. The van der Waals surface area contributed by atoms with Crippen molar-refractivity contribution < 1.29 is 23.1 Å². The van der Waals surface area contributed by atoms with Gasteiger partial charge in [0.05, 0.1) is 10.4 Å². The average Bonchev–Trinajstić information content (AvgIpc) is 2.18. The van der Waals surface area contributed by atoms with E-state index in [4.69, 9.17) is 11.6 Å². The lowest BCUT2D eigenvalue weighted by Crippen LogP contribution is -2.14. The zero-order chi connectivity index (χ0) is 12.5. The lowest BCUT2D eigenvalue weighted by Gasteiger charge is -2.14. The maximum atomic E-state index is 12.6. The average molecular weight is 317 g/mol. The molecule has 1 rings (SSSR count). The number of phenols is 1. The van der Waals surface area contributed by atoms with Crippen molar-refractivity contribution in [2.45, 2.75) is 6.18 Å². The minimum Gasteiger partial charge on any atom is -0.506 e. The Morgan fingerprint density at radius 1 is 1.44 bits per heavy atom. The maximum absolute atomic E-state index is 12.6. The number of phenolic OH excluding ortho intramolecular Hbond substituents is 1. The minimum atomic E-state index is -4.81. The molecule has 0 aromatic heterocycles. The van der Waals surface area contributed by atoms with E-state index >= 15 is 0 Å². The smallest absolute Gasteiger partial charge is 0.420 e. The molecule has 2 nitrogen and oxygen atoms in total. The van der Waals surface area contributed by atoms with Crippen LogP contribution < -0.4 is 0 Å². The lowest BCUT2D eigenvalue weighted by atomic mass is 10.0. The summed E-state index contributed by atoms with van der Waals surface area (Å²) in [5, 5.41) is 9.30. The number of alkyl halides is 4. The topological polar surface area (TPSA) is 37.3 Å². The second-order valence-corrected chi connectivity index (χ2v) is 3.99. The molecule has 0 radical (unpaired) electrons. The SMILES string of the molecule is O=C(CCl)c1ccc(Br)c(O)c1C(F)(F)F. The van der Waals surface area contributed by atoms with Crippen molar-refractivity contribution in [3.63, 3.8) is 0 Å². The van der Waals surface area contributed by atoms with Crippen LogP contribution in [-0.2, 0) is 6.18 Å². The summed E-state index contributed by atoms with van der Waals surface area (Å²) in [7, 11) is 0. The fourth-order valence-electron chi connectivity index (χ4n) is 1.16. The van der Waals surface area contributed by atoms with E-state index in [2.05, 4.69) is 15.9 Å². The summed E-state index contributed by atoms with van der Waals surface area (Å²) in [5.74, 6) is -2.48. The Balaban J connectivity index is 3.52. The normalized spacial score (nSPS) is 11.6. The van der Waals surface area contributed by atoms with Crippen LogP contribution in [0.15, 0.2) is 16.6 Å². The van der Waals surface area contributed by atoms with Crippen LogP contribution in [0, 0.1) is 0 Å². The van der Waals surface area contributed by atoms with Crippen molar-refractivity contribution in [2.75, 3.05) is 5.88 Å². The number of carbonyl (C=O) groups is 1. The molecule has 1 aromatic rings. The molecule has 0 atom stereocenters. The molecule has 16 heavy (non-hydrogen) atoms. The molecule has 0 bridgehead atoms. The van der Waals surface area contributed by atoms with Crippen LogP contribution >= 0.6 is 27.5 Å². The van der Waals surface area contributed by atoms with E-state index < -0.39 is 34.7 Å². The number of hydrogen-bond acceptors (Lipinski definition) is 2. The molecular formula is C9H5BrClF3O2. The third-order valence-electron chi connectivity index (χ3n) is 1.83. The van der Waals surface area contributed by atoms with E-state index in [1.807, 2.05) is 0 Å². The molecule has 0 aliphatic rings. The number of ketones is 1. The summed E-state index contributed by atoms with van der Waals surface area (Å²) in [6.45, 7) is 0. The molecule has 0 unspecified atom stereocenters. The van der Waals surface area contributed by atoms with E-state index in [1.54, 1.807) is 0 Å². The highest BCUT2D eigenvalue weighted by molar-refractivity contribution is 9.10. The van der Waals surface area contributed by atoms with Gasteiger partial charge in [-0.15, -0.1) is 11.6 Å². The lowest BCUT2D eigenvalue weighted by molar-refractivity contribution is -0.139. The van der Waals surface area contributed by atoms with Gasteiger partial charge in [0, 0.05) is 5.56 Å². The van der Waals surface area contributed by atoms with E-state index in [0.717, 1.165) is 12.1 Å². The Kier molecular flexibility index (Phi) is 3.85. The van der Waals surface area contributed by atoms with Gasteiger partial charge in [-0.2, -0.15) is 13.2 Å². The van der Waals surface area contributed by atoms with Crippen LogP contribution in [0.25, 0.3) is 0 Å². The third-order valence-corrected chi connectivity index (χ3v) is 2.72. The molecule has 7 heteroatoms. The van der Waals surface area contributed by atoms with Gasteiger partial charge >= 0.3 is 6.18 Å². The van der Waals surface area contributed by atoms with E-state index in [1.165, 1.54) is 0 Å². The first-order valence-electron chi connectivity index (χ1n) is 3.97. The highest BCUT2D eigenvalue weighted by Crippen LogP contribution is 2.42. The van der Waals surface area contributed by atoms with Crippen molar-refractivity contribution in [3.05, 3.63) is 27.7 Å². The molecule has 0 aliphatic heterocycles. The largest absolute Gasteiger partial charge is 0.506 e. The second kappa shape index (κ2) is 4.63. The van der Waals surface area contributed by atoms with Crippen molar-refractivity contribution in [2.24, 2.45) is 0 Å². The first-order valence-corrected chi connectivity index (χ1v) is 5.29. The second-order valence-electron chi connectivity index (χ2n) is 2.87. The van der Waals surface area contributed by atoms with Crippen LogP contribution in [-0.4, -0.2) is 16.8 Å². The Morgan fingerprint density at radius 2 is 2.00 bits per heavy atom. The van der Waals surface area contributed by atoms with Crippen LogP contribution in [0.5, 0.6) is 5.75 Å². The number of hydrogen-bond donors (Lipinski definition) is 1. The quantitative estimate of drug-likeness (QED) is 0.668. The Hall–Kier alpha value is -0.750. The molecule has 0 saturated carbocycles. The summed E-state index contributed by atoms with van der Waals surface area (Å²) in [4.78, 5) is 11.2. The Bertz CT molecular complexity index is 431. The van der Waals surface area contributed by atoms with Gasteiger partial charge in [0.15, 0.2) is 5.78 Å². The van der Waals surface area contributed by atoms with E-state index in [-0.39, 0.29) is 4.47 Å². The summed E-state index contributed by atoms with van der Waals surface area (Å²) >= 11 is 7.94. The van der Waals surface area contributed by atoms with Gasteiger partial charge in [0.2, 0.25) is 0 Å². The molecule has 0 spiro atoms. The van der Waals surface area contributed by atoms with Gasteiger partial charge in [-0.3, -0.25) is 4.79 Å². The summed E-state index contributed by atoms with van der Waals surface area (Å²) in [6.07, 6.45) is -4.81. The summed E-state index contributed by atoms with van der Waals surface area (Å²) in [5.41, 5.74) is -2.00. The van der Waals surface area contributed by atoms with E-state index in [0.29, 0.717) is 0 Å². The first-order chi connectivity index (χ1) is 7.29. The predicted molar refractivity (Wildman–Crippen MR) is 55.9 cm³/mol. The molecule has 0 saturated heterocycles. The van der Waals surface area contributed by atoms with Gasteiger partial charge in [0.1, 0.15) is 11.3 Å². The molecule has 1 N–H and O–H groups in total. The summed E-state index contributed by atoms with van der Waals surface area (Å²) < 4.78 is 37.7. The standard InChI is InChI=1S/C9H5BrClF3O2/c10-5-2-1-4(6(15)3-11)7(8(5)16)9(12,13)14/h1-2,16H,3H2. The first kappa shape index (κ1) is 13.3. The fourth-order valence-corrected chi connectivity index (χ4v) is 1.63. The fraction of sp³-hybridized carbons (Fsp3) is 0.222. The summed E-state index contributed by atoms with van der Waals surface area (Å²) in [6, 6.07) is 2.13. The molecule has 0 fully saturated rings. The van der Waals surface area contributed by atoms with Crippen molar-refractivity contribution in [3.8, 4) is 5.75 Å². The number of benzene rings is 1.